The molecule has 0 spiro atoms. The lowest BCUT2D eigenvalue weighted by atomic mass is 9.94. The first-order valence-electron chi connectivity index (χ1n) is 9.94. The first kappa shape index (κ1) is 20.2. The Morgan fingerprint density at radius 2 is 1.68 bits per heavy atom. The fraction of sp³-hybridized carbons (Fsp3) is 0.895. The summed E-state index contributed by atoms with van der Waals surface area (Å²) in [6.07, 6.45) is 6.04. The number of likely N-dealkylation sites (tertiary alicyclic amines) is 1. The molecule has 0 aromatic carbocycles. The van der Waals surface area contributed by atoms with Crippen molar-refractivity contribution in [2.24, 2.45) is 5.92 Å². The molecule has 0 aliphatic carbocycles. The Morgan fingerprint density at radius 3 is 2.24 bits per heavy atom. The van der Waals surface area contributed by atoms with Crippen molar-refractivity contribution in [2.75, 3.05) is 53.4 Å². The van der Waals surface area contributed by atoms with Crippen molar-refractivity contribution in [1.82, 2.24) is 20.0 Å². The first-order valence-corrected chi connectivity index (χ1v) is 9.94. The van der Waals surface area contributed by atoms with Crippen LogP contribution in [0.15, 0.2) is 0 Å². The van der Waals surface area contributed by atoms with Gasteiger partial charge >= 0.3 is 0 Å². The van der Waals surface area contributed by atoms with E-state index in [1.54, 1.807) is 19.0 Å². The Hall–Kier alpha value is -1.14. The van der Waals surface area contributed by atoms with E-state index < -0.39 is 0 Å². The molecule has 1 N–H and O–H groups in total. The van der Waals surface area contributed by atoms with E-state index in [9.17, 15) is 9.59 Å². The number of carbonyl (C=O) groups excluding carboxylic acids is 2. The minimum Gasteiger partial charge on any atom is -0.349 e. The highest BCUT2D eigenvalue weighted by Crippen LogP contribution is 2.20. The zero-order valence-corrected chi connectivity index (χ0v) is 16.3. The van der Waals surface area contributed by atoms with Crippen LogP contribution >= 0.6 is 0 Å². The maximum absolute atomic E-state index is 13.0. The molecule has 2 amide bonds. The van der Waals surface area contributed by atoms with E-state index in [1.165, 1.54) is 19.3 Å². The lowest BCUT2D eigenvalue weighted by Gasteiger charge is -2.37. The van der Waals surface area contributed by atoms with Gasteiger partial charge in [0.15, 0.2) is 0 Å². The third-order valence-corrected chi connectivity index (χ3v) is 5.78. The van der Waals surface area contributed by atoms with Crippen LogP contribution in [0.4, 0.5) is 0 Å². The SMILES string of the molecule is CCC1CCN(CC(=O)N(CCC(=O)N(C)C)C2CCNCC2)CC1. The highest BCUT2D eigenvalue weighted by Gasteiger charge is 2.28. The number of hydrogen-bond acceptors (Lipinski definition) is 4. The van der Waals surface area contributed by atoms with Gasteiger partial charge in [-0.15, -0.1) is 0 Å². The molecule has 2 rings (SSSR count). The molecule has 144 valence electrons. The molecule has 2 fully saturated rings. The first-order chi connectivity index (χ1) is 12.0. The second-order valence-corrected chi connectivity index (χ2v) is 7.73. The topological polar surface area (TPSA) is 55.9 Å². The van der Waals surface area contributed by atoms with Gasteiger partial charge in [0.25, 0.3) is 0 Å². The number of hydrogen-bond donors (Lipinski definition) is 1. The highest BCUT2D eigenvalue weighted by molar-refractivity contribution is 5.80. The van der Waals surface area contributed by atoms with Crippen LogP contribution in [0.25, 0.3) is 0 Å². The van der Waals surface area contributed by atoms with Gasteiger partial charge in [-0.25, -0.2) is 0 Å². The lowest BCUT2D eigenvalue weighted by Crippen LogP contribution is -2.51. The summed E-state index contributed by atoms with van der Waals surface area (Å²) < 4.78 is 0. The molecule has 0 radical (unpaired) electrons. The number of amides is 2. The monoisotopic (exact) mass is 352 g/mol. The van der Waals surface area contributed by atoms with Crippen LogP contribution in [-0.2, 0) is 9.59 Å². The summed E-state index contributed by atoms with van der Waals surface area (Å²) in [6, 6.07) is 0.275. The smallest absolute Gasteiger partial charge is 0.237 e. The van der Waals surface area contributed by atoms with E-state index in [-0.39, 0.29) is 17.9 Å². The number of nitrogens with zero attached hydrogens (tertiary/aromatic N) is 3. The van der Waals surface area contributed by atoms with Crippen LogP contribution in [0.1, 0.15) is 45.4 Å². The average Bonchev–Trinajstić information content (AvgIpc) is 2.63. The largest absolute Gasteiger partial charge is 0.349 e. The van der Waals surface area contributed by atoms with E-state index in [1.807, 2.05) is 4.90 Å². The van der Waals surface area contributed by atoms with E-state index in [0.717, 1.165) is 44.9 Å². The third-order valence-electron chi connectivity index (χ3n) is 5.78. The maximum atomic E-state index is 13.0. The van der Waals surface area contributed by atoms with Gasteiger partial charge in [0, 0.05) is 33.1 Å². The van der Waals surface area contributed by atoms with Crippen LogP contribution in [0.5, 0.6) is 0 Å². The molecule has 0 bridgehead atoms. The van der Waals surface area contributed by atoms with Gasteiger partial charge in [-0.2, -0.15) is 0 Å². The molecule has 2 heterocycles. The number of piperidine rings is 2. The Labute approximate surface area is 152 Å². The standard InChI is InChI=1S/C19H36N4O2/c1-4-16-7-12-22(13-8-16)15-19(25)23(14-9-18(24)21(2)3)17-5-10-20-11-6-17/h16-17,20H,4-15H2,1-3H3. The second kappa shape index (κ2) is 10.1. The van der Waals surface area contributed by atoms with E-state index in [4.69, 9.17) is 0 Å². The molecule has 2 aliphatic heterocycles. The average molecular weight is 353 g/mol. The fourth-order valence-corrected chi connectivity index (χ4v) is 3.90. The number of rotatable bonds is 7. The van der Waals surface area contributed by atoms with Crippen LogP contribution in [-0.4, -0.2) is 85.9 Å². The van der Waals surface area contributed by atoms with Gasteiger partial charge in [0.05, 0.1) is 6.54 Å². The summed E-state index contributed by atoms with van der Waals surface area (Å²) >= 11 is 0. The molecular weight excluding hydrogens is 316 g/mol. The summed E-state index contributed by atoms with van der Waals surface area (Å²) in [7, 11) is 3.55. The van der Waals surface area contributed by atoms with Crippen molar-refractivity contribution in [3.63, 3.8) is 0 Å². The predicted octanol–water partition coefficient (Wildman–Crippen LogP) is 1.17. The van der Waals surface area contributed by atoms with Gasteiger partial charge in [0.2, 0.25) is 11.8 Å². The van der Waals surface area contributed by atoms with Gasteiger partial charge in [0.1, 0.15) is 0 Å². The van der Waals surface area contributed by atoms with Crippen molar-refractivity contribution in [3.8, 4) is 0 Å². The van der Waals surface area contributed by atoms with Crippen molar-refractivity contribution < 1.29 is 9.59 Å². The molecule has 0 unspecified atom stereocenters. The zero-order valence-electron chi connectivity index (χ0n) is 16.3. The molecule has 0 saturated carbocycles. The molecular formula is C19H36N4O2. The summed E-state index contributed by atoms with van der Waals surface area (Å²) in [5, 5.41) is 3.36. The van der Waals surface area contributed by atoms with E-state index >= 15 is 0 Å². The summed E-state index contributed by atoms with van der Waals surface area (Å²) in [4.78, 5) is 30.9. The fourth-order valence-electron chi connectivity index (χ4n) is 3.90. The minimum absolute atomic E-state index is 0.0931. The summed E-state index contributed by atoms with van der Waals surface area (Å²) in [6.45, 7) is 7.28. The lowest BCUT2D eigenvalue weighted by molar-refractivity contribution is -0.137. The van der Waals surface area contributed by atoms with Crippen LogP contribution in [0.3, 0.4) is 0 Å². The molecule has 6 nitrogen and oxygen atoms in total. The van der Waals surface area contributed by atoms with Crippen LogP contribution < -0.4 is 5.32 Å². The maximum Gasteiger partial charge on any atom is 0.237 e. The van der Waals surface area contributed by atoms with Gasteiger partial charge in [-0.1, -0.05) is 13.3 Å². The van der Waals surface area contributed by atoms with Crippen molar-refractivity contribution in [1.29, 1.82) is 0 Å². The predicted molar refractivity (Wildman–Crippen MR) is 100 cm³/mol. The Morgan fingerprint density at radius 1 is 1.04 bits per heavy atom. The summed E-state index contributed by atoms with van der Waals surface area (Å²) in [5.74, 6) is 1.12. The van der Waals surface area contributed by atoms with Crippen molar-refractivity contribution in [2.45, 2.75) is 51.5 Å². The molecule has 0 aromatic rings. The summed E-state index contributed by atoms with van der Waals surface area (Å²) in [5.41, 5.74) is 0. The molecule has 0 atom stereocenters. The van der Waals surface area contributed by atoms with Gasteiger partial charge in [-0.05, 0) is 57.8 Å². The van der Waals surface area contributed by atoms with Crippen LogP contribution in [0, 0.1) is 5.92 Å². The van der Waals surface area contributed by atoms with Crippen LogP contribution in [0.2, 0.25) is 0 Å². The number of carbonyl (C=O) groups is 2. The quantitative estimate of drug-likeness (QED) is 0.747. The minimum atomic E-state index is 0.0931. The molecule has 2 saturated heterocycles. The third kappa shape index (κ3) is 6.26. The van der Waals surface area contributed by atoms with Gasteiger partial charge in [-0.3, -0.25) is 14.5 Å². The molecule has 0 aromatic heterocycles. The molecule has 25 heavy (non-hydrogen) atoms. The van der Waals surface area contributed by atoms with E-state index in [0.29, 0.717) is 19.5 Å². The normalized spacial score (nSPS) is 20.4. The zero-order chi connectivity index (χ0) is 18.2. The van der Waals surface area contributed by atoms with Gasteiger partial charge < -0.3 is 15.1 Å². The highest BCUT2D eigenvalue weighted by atomic mass is 16.2. The Balaban J connectivity index is 1.91. The Bertz CT molecular complexity index is 427. The van der Waals surface area contributed by atoms with Crippen molar-refractivity contribution in [3.05, 3.63) is 0 Å². The molecule has 6 heteroatoms. The number of nitrogens with one attached hydrogen (secondary N) is 1. The van der Waals surface area contributed by atoms with Crippen molar-refractivity contribution >= 4 is 11.8 Å². The van der Waals surface area contributed by atoms with E-state index in [2.05, 4.69) is 17.1 Å². The Kier molecular flexibility index (Phi) is 8.16. The second-order valence-electron chi connectivity index (χ2n) is 7.73. The molecule has 2 aliphatic rings.